The van der Waals surface area contributed by atoms with Crippen LogP contribution in [-0.4, -0.2) is 34.2 Å². The second-order valence-corrected chi connectivity index (χ2v) is 6.04. The van der Waals surface area contributed by atoms with E-state index in [1.165, 1.54) is 32.6 Å². The minimum absolute atomic E-state index is 0.308. The Bertz CT molecular complexity index is 353. The molecule has 0 aliphatic heterocycles. The zero-order valence-corrected chi connectivity index (χ0v) is 14.6. The van der Waals surface area contributed by atoms with Gasteiger partial charge in [-0.05, 0) is 32.6 Å². The molecule has 0 fully saturated rings. The molecule has 0 aromatic heterocycles. The van der Waals surface area contributed by atoms with Crippen molar-refractivity contribution in [3.05, 3.63) is 12.2 Å². The van der Waals surface area contributed by atoms with Crippen LogP contribution in [0.3, 0.4) is 0 Å². The lowest BCUT2D eigenvalue weighted by molar-refractivity contribution is -0.144. The van der Waals surface area contributed by atoms with Gasteiger partial charge in [0.2, 0.25) is 5.91 Å². The fourth-order valence-corrected chi connectivity index (χ4v) is 2.27. The molecule has 0 radical (unpaired) electrons. The summed E-state index contributed by atoms with van der Waals surface area (Å²) < 4.78 is 0. The van der Waals surface area contributed by atoms with E-state index in [4.69, 9.17) is 5.11 Å². The first kappa shape index (κ1) is 21.6. The average molecular weight is 327 g/mol. The number of hydrogen-bond donors (Lipinski definition) is 3. The molecule has 23 heavy (non-hydrogen) atoms. The van der Waals surface area contributed by atoms with Gasteiger partial charge in [0.1, 0.15) is 0 Å². The van der Waals surface area contributed by atoms with Gasteiger partial charge in [-0.2, -0.15) is 0 Å². The Morgan fingerprint density at radius 2 is 1.57 bits per heavy atom. The number of aliphatic hydroxyl groups is 1. The molecule has 0 aromatic carbocycles. The number of unbranched alkanes of at least 4 members (excludes halogenated alkanes) is 7. The Morgan fingerprint density at radius 1 is 1.00 bits per heavy atom. The molecule has 5 heteroatoms. The molecule has 0 saturated carbocycles. The number of hydrogen-bond acceptors (Lipinski definition) is 3. The minimum atomic E-state index is -1.22. The van der Waals surface area contributed by atoms with Gasteiger partial charge < -0.3 is 15.5 Å². The summed E-state index contributed by atoms with van der Waals surface area (Å²) >= 11 is 0. The maximum absolute atomic E-state index is 11.6. The van der Waals surface area contributed by atoms with Crippen LogP contribution in [0.4, 0.5) is 0 Å². The van der Waals surface area contributed by atoms with Crippen LogP contribution in [0.2, 0.25) is 0 Å². The molecular formula is C18H33NO4. The summed E-state index contributed by atoms with van der Waals surface area (Å²) in [6, 6.07) is -1.22. The molecule has 0 aliphatic carbocycles. The van der Waals surface area contributed by atoms with Crippen molar-refractivity contribution in [2.45, 2.75) is 90.2 Å². The summed E-state index contributed by atoms with van der Waals surface area (Å²) in [5, 5.41) is 20.5. The summed E-state index contributed by atoms with van der Waals surface area (Å²) in [7, 11) is 0. The number of carboxylic acids is 1. The monoisotopic (exact) mass is 327 g/mol. The highest BCUT2D eigenvalue weighted by molar-refractivity contribution is 5.83. The third-order valence-corrected chi connectivity index (χ3v) is 3.73. The number of carbonyl (C=O) groups excluding carboxylic acids is 1. The van der Waals surface area contributed by atoms with Crippen molar-refractivity contribution in [3.8, 4) is 0 Å². The number of aliphatic hydroxyl groups excluding tert-OH is 1. The SMILES string of the molecule is CCCC/C=C\CCCCCCCC(=O)N[C@H](C(=O)O)[C@@H](C)O. The summed E-state index contributed by atoms with van der Waals surface area (Å²) in [6.45, 7) is 3.55. The topological polar surface area (TPSA) is 86.6 Å². The molecule has 1 amide bonds. The second kappa shape index (κ2) is 14.2. The van der Waals surface area contributed by atoms with E-state index in [1.807, 2.05) is 0 Å². The van der Waals surface area contributed by atoms with Crippen LogP contribution in [0.25, 0.3) is 0 Å². The summed E-state index contributed by atoms with van der Waals surface area (Å²) in [5.74, 6) is -1.52. The first-order valence-corrected chi connectivity index (χ1v) is 8.84. The van der Waals surface area contributed by atoms with Gasteiger partial charge in [0.05, 0.1) is 6.10 Å². The molecule has 2 atom stereocenters. The van der Waals surface area contributed by atoms with Gasteiger partial charge >= 0.3 is 5.97 Å². The zero-order valence-electron chi connectivity index (χ0n) is 14.6. The van der Waals surface area contributed by atoms with E-state index in [1.54, 1.807) is 0 Å². The van der Waals surface area contributed by atoms with Crippen molar-refractivity contribution in [1.29, 1.82) is 0 Å². The third kappa shape index (κ3) is 12.8. The predicted molar refractivity (Wildman–Crippen MR) is 92.2 cm³/mol. The number of amides is 1. The van der Waals surface area contributed by atoms with E-state index in [9.17, 15) is 14.7 Å². The molecular weight excluding hydrogens is 294 g/mol. The summed E-state index contributed by atoms with van der Waals surface area (Å²) in [6.07, 6.45) is 13.7. The Labute approximate surface area is 140 Å². The molecule has 0 unspecified atom stereocenters. The average Bonchev–Trinajstić information content (AvgIpc) is 2.49. The van der Waals surface area contributed by atoms with Crippen LogP contribution in [0.15, 0.2) is 12.2 Å². The predicted octanol–water partition coefficient (Wildman–Crippen LogP) is 3.41. The van der Waals surface area contributed by atoms with Crippen LogP contribution in [-0.2, 0) is 9.59 Å². The maximum atomic E-state index is 11.6. The standard InChI is InChI=1S/C18H33NO4/c1-3-4-5-6-7-8-9-10-11-12-13-14-16(21)19-17(15(2)20)18(22)23/h6-7,15,17,20H,3-5,8-14H2,1-2H3,(H,19,21)(H,22,23)/b7-6-/t15-,17+/m1/s1. The van der Waals surface area contributed by atoms with Crippen molar-refractivity contribution in [1.82, 2.24) is 5.32 Å². The highest BCUT2D eigenvalue weighted by Crippen LogP contribution is 2.08. The van der Waals surface area contributed by atoms with E-state index < -0.39 is 18.1 Å². The number of allylic oxidation sites excluding steroid dienone is 2. The molecule has 5 nitrogen and oxygen atoms in total. The number of rotatable bonds is 14. The van der Waals surface area contributed by atoms with Crippen LogP contribution in [0.5, 0.6) is 0 Å². The van der Waals surface area contributed by atoms with Crippen molar-refractivity contribution < 1.29 is 19.8 Å². The van der Waals surface area contributed by atoms with Gasteiger partial charge in [-0.15, -0.1) is 0 Å². The smallest absolute Gasteiger partial charge is 0.328 e. The van der Waals surface area contributed by atoms with Gasteiger partial charge in [0.15, 0.2) is 6.04 Å². The molecule has 0 aromatic rings. The Balaban J connectivity index is 3.55. The van der Waals surface area contributed by atoms with Gasteiger partial charge in [-0.25, -0.2) is 4.79 Å². The van der Waals surface area contributed by atoms with Crippen molar-refractivity contribution in [2.24, 2.45) is 0 Å². The summed E-state index contributed by atoms with van der Waals surface area (Å²) in [4.78, 5) is 22.5. The molecule has 0 saturated heterocycles. The summed E-state index contributed by atoms with van der Waals surface area (Å²) in [5.41, 5.74) is 0. The highest BCUT2D eigenvalue weighted by Gasteiger charge is 2.24. The number of aliphatic carboxylic acids is 1. The molecule has 3 N–H and O–H groups in total. The van der Waals surface area contributed by atoms with E-state index >= 15 is 0 Å². The van der Waals surface area contributed by atoms with Crippen molar-refractivity contribution >= 4 is 11.9 Å². The lowest BCUT2D eigenvalue weighted by Gasteiger charge is -2.16. The van der Waals surface area contributed by atoms with Gasteiger partial charge in [-0.3, -0.25) is 4.79 Å². The first-order chi connectivity index (χ1) is 11.0. The normalized spacial score (nSPS) is 13.9. The van der Waals surface area contributed by atoms with Crippen LogP contribution < -0.4 is 5.32 Å². The fourth-order valence-electron chi connectivity index (χ4n) is 2.27. The molecule has 0 spiro atoms. The van der Waals surface area contributed by atoms with E-state index in [0.717, 1.165) is 32.1 Å². The van der Waals surface area contributed by atoms with Crippen LogP contribution >= 0.6 is 0 Å². The quantitative estimate of drug-likeness (QED) is 0.337. The lowest BCUT2D eigenvalue weighted by Crippen LogP contribution is -2.47. The number of nitrogens with one attached hydrogen (secondary N) is 1. The van der Waals surface area contributed by atoms with Crippen LogP contribution in [0, 0.1) is 0 Å². The van der Waals surface area contributed by atoms with Gasteiger partial charge in [0.25, 0.3) is 0 Å². The van der Waals surface area contributed by atoms with Gasteiger partial charge in [-0.1, -0.05) is 51.2 Å². The minimum Gasteiger partial charge on any atom is -0.480 e. The zero-order chi connectivity index (χ0) is 17.5. The Kier molecular flexibility index (Phi) is 13.4. The van der Waals surface area contributed by atoms with Crippen molar-refractivity contribution in [2.75, 3.05) is 0 Å². The Hall–Kier alpha value is -1.36. The van der Waals surface area contributed by atoms with E-state index in [-0.39, 0.29) is 5.91 Å². The Morgan fingerprint density at radius 3 is 2.13 bits per heavy atom. The molecule has 0 heterocycles. The molecule has 134 valence electrons. The molecule has 0 bridgehead atoms. The third-order valence-electron chi connectivity index (χ3n) is 3.73. The first-order valence-electron chi connectivity index (χ1n) is 8.84. The van der Waals surface area contributed by atoms with E-state index in [0.29, 0.717) is 6.42 Å². The largest absolute Gasteiger partial charge is 0.480 e. The van der Waals surface area contributed by atoms with E-state index in [2.05, 4.69) is 24.4 Å². The number of carbonyl (C=O) groups is 2. The lowest BCUT2D eigenvalue weighted by atomic mass is 10.1. The molecule has 0 rings (SSSR count). The highest BCUT2D eigenvalue weighted by atomic mass is 16.4. The van der Waals surface area contributed by atoms with Crippen LogP contribution in [0.1, 0.15) is 78.1 Å². The fraction of sp³-hybridized carbons (Fsp3) is 0.778. The van der Waals surface area contributed by atoms with Gasteiger partial charge in [0, 0.05) is 6.42 Å². The van der Waals surface area contributed by atoms with Crippen molar-refractivity contribution in [3.63, 3.8) is 0 Å². The number of carboxylic acid groups (broad SMARTS) is 1. The maximum Gasteiger partial charge on any atom is 0.328 e. The second-order valence-electron chi connectivity index (χ2n) is 6.04. The molecule has 0 aliphatic rings.